The summed E-state index contributed by atoms with van der Waals surface area (Å²) in [5.41, 5.74) is 1.59. The molecule has 0 bridgehead atoms. The van der Waals surface area contributed by atoms with Crippen molar-refractivity contribution in [3.05, 3.63) is 41.6 Å². The van der Waals surface area contributed by atoms with Crippen LogP contribution >= 0.6 is 0 Å². The van der Waals surface area contributed by atoms with E-state index in [1.807, 2.05) is 24.3 Å². The van der Waals surface area contributed by atoms with Crippen molar-refractivity contribution in [3.8, 4) is 5.75 Å². The Bertz CT molecular complexity index is 830. The van der Waals surface area contributed by atoms with Crippen LogP contribution in [0.15, 0.2) is 35.5 Å². The summed E-state index contributed by atoms with van der Waals surface area (Å²) in [6.45, 7) is 1.73. The quantitative estimate of drug-likeness (QED) is 0.832. The summed E-state index contributed by atoms with van der Waals surface area (Å²) >= 11 is 0. The minimum Gasteiger partial charge on any atom is -0.497 e. The molecule has 0 saturated carbocycles. The van der Waals surface area contributed by atoms with Crippen LogP contribution in [0.1, 0.15) is 24.0 Å². The summed E-state index contributed by atoms with van der Waals surface area (Å²) in [6, 6.07) is 7.90. The zero-order valence-electron chi connectivity index (χ0n) is 14.6. The van der Waals surface area contributed by atoms with E-state index in [4.69, 9.17) is 9.88 Å². The van der Waals surface area contributed by atoms with E-state index in [0.29, 0.717) is 24.6 Å². The zero-order chi connectivity index (χ0) is 18.0. The highest BCUT2D eigenvalue weighted by Gasteiger charge is 2.24. The van der Waals surface area contributed by atoms with E-state index < -0.39 is 10.0 Å². The highest BCUT2D eigenvalue weighted by Crippen LogP contribution is 2.21. The maximum atomic E-state index is 11.9. The number of likely N-dealkylation sites (tertiary alicyclic amines) is 1. The number of methoxy groups -OCH3 is 1. The minimum absolute atomic E-state index is 0.0380. The van der Waals surface area contributed by atoms with Crippen LogP contribution in [-0.2, 0) is 23.0 Å². The maximum Gasteiger partial charge on any atom is 0.257 e. The number of hydrogen-bond acceptors (Lipinski definition) is 5. The first kappa shape index (κ1) is 17.9. The molecule has 25 heavy (non-hydrogen) atoms. The molecule has 8 heteroatoms. The molecule has 0 aliphatic carbocycles. The van der Waals surface area contributed by atoms with Gasteiger partial charge in [0.05, 0.1) is 13.7 Å². The number of benzene rings is 1. The fourth-order valence-electron chi connectivity index (χ4n) is 3.29. The molecule has 1 fully saturated rings. The van der Waals surface area contributed by atoms with Gasteiger partial charge in [-0.25, -0.2) is 13.6 Å². The molecule has 1 aromatic heterocycles. The fraction of sp³-hybridized carbons (Fsp3) is 0.471. The molecule has 1 aliphatic rings. The van der Waals surface area contributed by atoms with Gasteiger partial charge in [0.1, 0.15) is 5.75 Å². The highest BCUT2D eigenvalue weighted by atomic mass is 32.2. The summed E-state index contributed by atoms with van der Waals surface area (Å²) in [5.74, 6) is 0.760. The SMILES string of the molecule is COc1ccc(Cc2cn(CC3CCCN3C)nc2S(N)(=O)=O)cc1. The third kappa shape index (κ3) is 4.20. The molecule has 1 unspecified atom stereocenters. The van der Waals surface area contributed by atoms with Crippen molar-refractivity contribution in [1.29, 1.82) is 0 Å². The third-order valence-electron chi connectivity index (χ3n) is 4.69. The molecule has 136 valence electrons. The number of nitrogens with two attached hydrogens (primary N) is 1. The third-order valence-corrected chi connectivity index (χ3v) is 5.57. The monoisotopic (exact) mass is 364 g/mol. The average molecular weight is 364 g/mol. The van der Waals surface area contributed by atoms with E-state index in [-0.39, 0.29) is 5.03 Å². The van der Waals surface area contributed by atoms with Gasteiger partial charge in [-0.2, -0.15) is 5.10 Å². The topological polar surface area (TPSA) is 90.4 Å². The van der Waals surface area contributed by atoms with E-state index in [2.05, 4.69) is 17.0 Å². The Morgan fingerprint density at radius 2 is 2.04 bits per heavy atom. The standard InChI is InChI=1S/C17H24N4O3S/c1-20-9-3-4-15(20)12-21-11-14(17(19-21)25(18,22)23)10-13-5-7-16(24-2)8-6-13/h5-8,11,15H,3-4,9-10,12H2,1-2H3,(H2,18,22,23). The maximum absolute atomic E-state index is 11.9. The second-order valence-corrected chi connectivity index (χ2v) is 8.00. The lowest BCUT2D eigenvalue weighted by molar-refractivity contribution is 0.273. The number of primary sulfonamides is 1. The van der Waals surface area contributed by atoms with Crippen LogP contribution < -0.4 is 9.88 Å². The van der Waals surface area contributed by atoms with Crippen molar-refractivity contribution < 1.29 is 13.2 Å². The summed E-state index contributed by atoms with van der Waals surface area (Å²) in [7, 11) is -0.170. The molecule has 0 radical (unpaired) electrons. The van der Waals surface area contributed by atoms with Gasteiger partial charge in [-0.15, -0.1) is 0 Å². The fourth-order valence-corrected chi connectivity index (χ4v) is 4.00. The number of sulfonamides is 1. The lowest BCUT2D eigenvalue weighted by atomic mass is 10.1. The van der Waals surface area contributed by atoms with Gasteiger partial charge in [0.25, 0.3) is 10.0 Å². The van der Waals surface area contributed by atoms with Crippen LogP contribution in [0.4, 0.5) is 0 Å². The van der Waals surface area contributed by atoms with Crippen molar-refractivity contribution in [1.82, 2.24) is 14.7 Å². The van der Waals surface area contributed by atoms with E-state index >= 15 is 0 Å². The first-order chi connectivity index (χ1) is 11.9. The molecule has 1 aromatic carbocycles. The highest BCUT2D eigenvalue weighted by molar-refractivity contribution is 7.89. The lowest BCUT2D eigenvalue weighted by Crippen LogP contribution is -2.29. The first-order valence-corrected chi connectivity index (χ1v) is 9.84. The Balaban J connectivity index is 1.85. The van der Waals surface area contributed by atoms with Gasteiger partial charge in [-0.05, 0) is 44.1 Å². The van der Waals surface area contributed by atoms with E-state index in [1.165, 1.54) is 0 Å². The zero-order valence-corrected chi connectivity index (χ0v) is 15.4. The predicted molar refractivity (Wildman–Crippen MR) is 95.1 cm³/mol. The van der Waals surface area contributed by atoms with E-state index in [0.717, 1.165) is 30.7 Å². The predicted octanol–water partition coefficient (Wildman–Crippen LogP) is 1.22. The normalized spacial score (nSPS) is 18.6. The number of rotatable bonds is 6. The molecule has 2 heterocycles. The molecule has 7 nitrogen and oxygen atoms in total. The summed E-state index contributed by atoms with van der Waals surface area (Å²) in [6.07, 6.45) is 4.50. The van der Waals surface area contributed by atoms with Gasteiger partial charge in [-0.1, -0.05) is 12.1 Å². The summed E-state index contributed by atoms with van der Waals surface area (Å²) in [4.78, 5) is 2.28. The molecule has 1 saturated heterocycles. The van der Waals surface area contributed by atoms with Crippen molar-refractivity contribution in [2.75, 3.05) is 20.7 Å². The Hall–Kier alpha value is -1.90. The number of aromatic nitrogens is 2. The summed E-state index contributed by atoms with van der Waals surface area (Å²) in [5, 5.41) is 9.60. The van der Waals surface area contributed by atoms with Gasteiger partial charge < -0.3 is 9.64 Å². The van der Waals surface area contributed by atoms with Crippen LogP contribution in [0.3, 0.4) is 0 Å². The van der Waals surface area contributed by atoms with Gasteiger partial charge in [-0.3, -0.25) is 4.68 Å². The smallest absolute Gasteiger partial charge is 0.257 e. The van der Waals surface area contributed by atoms with Gasteiger partial charge >= 0.3 is 0 Å². The van der Waals surface area contributed by atoms with Gasteiger partial charge in [0, 0.05) is 24.2 Å². The van der Waals surface area contributed by atoms with Crippen LogP contribution in [-0.4, -0.2) is 49.8 Å². The Morgan fingerprint density at radius 1 is 1.32 bits per heavy atom. The van der Waals surface area contributed by atoms with Crippen molar-refractivity contribution in [2.24, 2.45) is 5.14 Å². The first-order valence-electron chi connectivity index (χ1n) is 8.29. The van der Waals surface area contributed by atoms with E-state index in [1.54, 1.807) is 18.0 Å². The lowest BCUT2D eigenvalue weighted by Gasteiger charge is -2.18. The van der Waals surface area contributed by atoms with Crippen LogP contribution in [0.25, 0.3) is 0 Å². The van der Waals surface area contributed by atoms with Crippen LogP contribution in [0, 0.1) is 0 Å². The largest absolute Gasteiger partial charge is 0.497 e. The Labute approximate surface area is 148 Å². The van der Waals surface area contributed by atoms with E-state index in [9.17, 15) is 8.42 Å². The van der Waals surface area contributed by atoms with Crippen LogP contribution in [0.5, 0.6) is 5.75 Å². The summed E-state index contributed by atoms with van der Waals surface area (Å²) < 4.78 is 30.7. The molecule has 2 aromatic rings. The van der Waals surface area contributed by atoms with Crippen molar-refractivity contribution in [2.45, 2.75) is 36.9 Å². The molecule has 0 spiro atoms. The van der Waals surface area contributed by atoms with Gasteiger partial charge in [0.2, 0.25) is 0 Å². The second kappa shape index (κ2) is 7.15. The Morgan fingerprint density at radius 3 is 2.60 bits per heavy atom. The molecule has 1 aliphatic heterocycles. The minimum atomic E-state index is -3.86. The van der Waals surface area contributed by atoms with Gasteiger partial charge in [0.15, 0.2) is 5.03 Å². The second-order valence-electron chi connectivity index (χ2n) is 6.53. The molecule has 3 rings (SSSR count). The molecule has 2 N–H and O–H groups in total. The Kier molecular flexibility index (Phi) is 5.12. The number of nitrogens with zero attached hydrogens (tertiary/aromatic N) is 3. The molecule has 1 atom stereocenters. The average Bonchev–Trinajstić information content (AvgIpc) is 3.15. The number of likely N-dealkylation sites (N-methyl/N-ethyl adjacent to an activating group) is 1. The van der Waals surface area contributed by atoms with Crippen molar-refractivity contribution >= 4 is 10.0 Å². The molecule has 0 amide bonds. The van der Waals surface area contributed by atoms with Crippen molar-refractivity contribution in [3.63, 3.8) is 0 Å². The van der Waals surface area contributed by atoms with Crippen LogP contribution in [0.2, 0.25) is 0 Å². The molecular weight excluding hydrogens is 340 g/mol. The number of ether oxygens (including phenoxy) is 1. The molecular formula is C17H24N4O3S. The number of hydrogen-bond donors (Lipinski definition) is 1.